The minimum absolute atomic E-state index is 0.0503. The Bertz CT molecular complexity index is 822. The summed E-state index contributed by atoms with van der Waals surface area (Å²) in [6, 6.07) is 12.7. The van der Waals surface area contributed by atoms with Crippen LogP contribution in [0.25, 0.3) is 0 Å². The predicted octanol–water partition coefficient (Wildman–Crippen LogP) is 2.65. The molecular formula is C23H32N3O+. The van der Waals surface area contributed by atoms with Gasteiger partial charge in [0.15, 0.2) is 6.04 Å². The first-order valence-corrected chi connectivity index (χ1v) is 9.90. The maximum absolute atomic E-state index is 12.8. The summed E-state index contributed by atoms with van der Waals surface area (Å²) in [6.07, 6.45) is 0. The van der Waals surface area contributed by atoms with Crippen LogP contribution in [-0.2, 0) is 4.79 Å². The highest BCUT2D eigenvalue weighted by molar-refractivity contribution is 5.94. The van der Waals surface area contributed by atoms with E-state index < -0.39 is 0 Å². The summed E-state index contributed by atoms with van der Waals surface area (Å²) in [6.45, 7) is 14.4. The molecule has 1 heterocycles. The van der Waals surface area contributed by atoms with Crippen molar-refractivity contribution >= 4 is 17.3 Å². The molecule has 0 aliphatic carbocycles. The van der Waals surface area contributed by atoms with Crippen LogP contribution >= 0.6 is 0 Å². The highest BCUT2D eigenvalue weighted by Gasteiger charge is 2.29. The van der Waals surface area contributed by atoms with Gasteiger partial charge in [0.2, 0.25) is 0 Å². The molecule has 3 rings (SSSR count). The number of nitrogens with one attached hydrogen (secondary N) is 2. The van der Waals surface area contributed by atoms with Crippen LogP contribution in [0.3, 0.4) is 0 Å². The lowest BCUT2D eigenvalue weighted by molar-refractivity contribution is -0.914. The molecule has 1 atom stereocenters. The molecule has 0 unspecified atom stereocenters. The number of aryl methyl sites for hydroxylation is 3. The van der Waals surface area contributed by atoms with E-state index >= 15 is 0 Å². The van der Waals surface area contributed by atoms with E-state index in [1.807, 2.05) is 19.9 Å². The van der Waals surface area contributed by atoms with Crippen molar-refractivity contribution in [3.8, 4) is 0 Å². The molecule has 0 aromatic heterocycles. The first-order chi connectivity index (χ1) is 12.9. The van der Waals surface area contributed by atoms with Crippen LogP contribution in [0.2, 0.25) is 0 Å². The average Bonchev–Trinajstić information content (AvgIpc) is 2.66. The summed E-state index contributed by atoms with van der Waals surface area (Å²) in [5.74, 6) is 0.110. The highest BCUT2D eigenvalue weighted by Crippen LogP contribution is 2.22. The van der Waals surface area contributed by atoms with Gasteiger partial charge in [0, 0.05) is 11.4 Å². The van der Waals surface area contributed by atoms with Crippen LogP contribution < -0.4 is 15.1 Å². The fourth-order valence-corrected chi connectivity index (χ4v) is 3.84. The van der Waals surface area contributed by atoms with Gasteiger partial charge in [-0.15, -0.1) is 0 Å². The number of quaternary nitrogens is 1. The van der Waals surface area contributed by atoms with Crippen LogP contribution in [0.1, 0.15) is 29.2 Å². The number of amides is 1. The number of hydrogen-bond acceptors (Lipinski definition) is 2. The summed E-state index contributed by atoms with van der Waals surface area (Å²) in [4.78, 5) is 16.6. The monoisotopic (exact) mass is 366 g/mol. The lowest BCUT2D eigenvalue weighted by Gasteiger charge is -2.36. The number of hydrogen-bond donors (Lipinski definition) is 2. The quantitative estimate of drug-likeness (QED) is 0.873. The third kappa shape index (κ3) is 4.33. The minimum atomic E-state index is -0.0503. The number of anilines is 2. The van der Waals surface area contributed by atoms with E-state index in [0.29, 0.717) is 0 Å². The zero-order valence-electron chi connectivity index (χ0n) is 17.2. The van der Waals surface area contributed by atoms with E-state index in [4.69, 9.17) is 0 Å². The Kier molecular flexibility index (Phi) is 5.85. The van der Waals surface area contributed by atoms with Gasteiger partial charge in [-0.2, -0.15) is 0 Å². The van der Waals surface area contributed by atoms with Gasteiger partial charge in [-0.05, 0) is 69.0 Å². The molecule has 4 nitrogen and oxygen atoms in total. The molecule has 2 N–H and O–H groups in total. The Morgan fingerprint density at radius 3 is 2.44 bits per heavy atom. The van der Waals surface area contributed by atoms with E-state index in [1.54, 1.807) is 0 Å². The van der Waals surface area contributed by atoms with Crippen molar-refractivity contribution < 1.29 is 9.69 Å². The Hall–Kier alpha value is -2.33. The average molecular weight is 367 g/mol. The molecule has 1 amide bonds. The van der Waals surface area contributed by atoms with Crippen molar-refractivity contribution in [3.05, 3.63) is 58.7 Å². The normalized spacial score (nSPS) is 16.3. The zero-order chi connectivity index (χ0) is 19.6. The molecule has 1 aliphatic rings. The number of piperazine rings is 1. The summed E-state index contributed by atoms with van der Waals surface area (Å²) >= 11 is 0. The summed E-state index contributed by atoms with van der Waals surface area (Å²) < 4.78 is 0. The molecule has 0 radical (unpaired) electrons. The standard InChI is InChI=1S/C23H31N3O/c1-16-9-10-18(3)21(15-16)24-23(27)20(5)25-11-13-26(14-12-25)22-8-6-7-17(2)19(22)4/h6-10,15,20H,11-14H2,1-5H3,(H,24,27)/p+1/t20-/m0/s1. The Morgan fingerprint density at radius 2 is 1.74 bits per heavy atom. The van der Waals surface area contributed by atoms with Crippen molar-refractivity contribution in [1.29, 1.82) is 0 Å². The van der Waals surface area contributed by atoms with Gasteiger partial charge in [-0.1, -0.05) is 24.3 Å². The molecule has 27 heavy (non-hydrogen) atoms. The van der Waals surface area contributed by atoms with E-state index in [0.717, 1.165) is 43.0 Å². The van der Waals surface area contributed by atoms with Gasteiger partial charge in [0.25, 0.3) is 5.91 Å². The van der Waals surface area contributed by atoms with Crippen LogP contribution in [-0.4, -0.2) is 38.1 Å². The summed E-state index contributed by atoms with van der Waals surface area (Å²) in [7, 11) is 0. The fourth-order valence-electron chi connectivity index (χ4n) is 3.84. The Morgan fingerprint density at radius 1 is 1.04 bits per heavy atom. The summed E-state index contributed by atoms with van der Waals surface area (Å²) in [5, 5.41) is 3.13. The predicted molar refractivity (Wildman–Crippen MR) is 113 cm³/mol. The van der Waals surface area contributed by atoms with Gasteiger partial charge < -0.3 is 15.1 Å². The van der Waals surface area contributed by atoms with Crippen LogP contribution in [0.5, 0.6) is 0 Å². The first kappa shape index (κ1) is 19.4. The highest BCUT2D eigenvalue weighted by atomic mass is 16.2. The van der Waals surface area contributed by atoms with Crippen molar-refractivity contribution in [2.75, 3.05) is 36.4 Å². The van der Waals surface area contributed by atoms with Gasteiger partial charge in [-0.3, -0.25) is 4.79 Å². The lowest BCUT2D eigenvalue weighted by atomic mass is 10.1. The SMILES string of the molecule is Cc1ccc(C)c(NC(=O)[C@H](C)[NH+]2CCN(c3cccc(C)c3C)CC2)c1. The maximum atomic E-state index is 12.8. The van der Waals surface area contributed by atoms with E-state index in [-0.39, 0.29) is 11.9 Å². The van der Waals surface area contributed by atoms with Crippen LogP contribution in [0.15, 0.2) is 36.4 Å². The Balaban J connectivity index is 1.61. The smallest absolute Gasteiger partial charge is 0.282 e. The van der Waals surface area contributed by atoms with Gasteiger partial charge in [0.05, 0.1) is 26.2 Å². The van der Waals surface area contributed by atoms with Crippen molar-refractivity contribution in [2.24, 2.45) is 0 Å². The zero-order valence-corrected chi connectivity index (χ0v) is 17.2. The van der Waals surface area contributed by atoms with Crippen molar-refractivity contribution in [2.45, 2.75) is 40.7 Å². The second-order valence-electron chi connectivity index (χ2n) is 7.89. The molecule has 1 saturated heterocycles. The third-order valence-electron chi connectivity index (χ3n) is 5.98. The second-order valence-corrected chi connectivity index (χ2v) is 7.89. The molecule has 2 aromatic carbocycles. The molecule has 4 heteroatoms. The number of benzene rings is 2. The topological polar surface area (TPSA) is 36.8 Å². The maximum Gasteiger partial charge on any atom is 0.282 e. The van der Waals surface area contributed by atoms with Crippen LogP contribution in [0.4, 0.5) is 11.4 Å². The van der Waals surface area contributed by atoms with Gasteiger partial charge >= 0.3 is 0 Å². The van der Waals surface area contributed by atoms with E-state index in [9.17, 15) is 4.79 Å². The van der Waals surface area contributed by atoms with Crippen molar-refractivity contribution in [1.82, 2.24) is 0 Å². The van der Waals surface area contributed by atoms with E-state index in [2.05, 4.69) is 61.3 Å². The van der Waals surface area contributed by atoms with Gasteiger partial charge in [-0.25, -0.2) is 0 Å². The molecule has 0 saturated carbocycles. The minimum Gasteiger partial charge on any atom is -0.360 e. The number of carbonyl (C=O) groups is 1. The molecule has 1 fully saturated rings. The molecule has 1 aliphatic heterocycles. The lowest BCUT2D eigenvalue weighted by Crippen LogP contribution is -3.19. The molecular weight excluding hydrogens is 334 g/mol. The van der Waals surface area contributed by atoms with Crippen molar-refractivity contribution in [3.63, 3.8) is 0 Å². The summed E-state index contributed by atoms with van der Waals surface area (Å²) in [5.41, 5.74) is 7.24. The van der Waals surface area contributed by atoms with Gasteiger partial charge in [0.1, 0.15) is 0 Å². The van der Waals surface area contributed by atoms with E-state index in [1.165, 1.54) is 21.7 Å². The number of rotatable bonds is 4. The molecule has 144 valence electrons. The van der Waals surface area contributed by atoms with Crippen LogP contribution in [0, 0.1) is 27.7 Å². The fraction of sp³-hybridized carbons (Fsp3) is 0.435. The third-order valence-corrected chi connectivity index (χ3v) is 5.98. The molecule has 0 spiro atoms. The number of nitrogens with zero attached hydrogens (tertiary/aromatic N) is 1. The number of carbonyl (C=O) groups excluding carboxylic acids is 1. The molecule has 2 aromatic rings. The first-order valence-electron chi connectivity index (χ1n) is 9.90. The Labute approximate surface area is 163 Å². The largest absolute Gasteiger partial charge is 0.360 e. The molecule has 0 bridgehead atoms. The second kappa shape index (κ2) is 8.13.